The third-order valence-corrected chi connectivity index (χ3v) is 5.09. The molecule has 3 aliphatic rings. The van der Waals surface area contributed by atoms with Crippen molar-refractivity contribution >= 4 is 5.97 Å². The van der Waals surface area contributed by atoms with E-state index in [2.05, 4.69) is 19.9 Å². The summed E-state index contributed by atoms with van der Waals surface area (Å²) in [5.74, 6) is 2.37. The zero-order valence-electron chi connectivity index (χ0n) is 9.01. The highest BCUT2D eigenvalue weighted by Gasteiger charge is 2.64. The molecule has 0 aromatic rings. The molecule has 0 aromatic heterocycles. The molecule has 0 radical (unpaired) electrons. The molecular formula is C12H15NO2. The average molecular weight is 205 g/mol. The molecule has 0 amide bonds. The number of fused-ring (bicyclic) bond motifs is 5. The summed E-state index contributed by atoms with van der Waals surface area (Å²) in [7, 11) is 0. The third kappa shape index (κ3) is 0.928. The Kier molecular flexibility index (Phi) is 1.69. The van der Waals surface area contributed by atoms with E-state index in [1.807, 2.05) is 0 Å². The molecule has 0 spiro atoms. The van der Waals surface area contributed by atoms with E-state index in [1.54, 1.807) is 0 Å². The average Bonchev–Trinajstić information content (AvgIpc) is 2.82. The summed E-state index contributed by atoms with van der Waals surface area (Å²) >= 11 is 0. The largest absolute Gasteiger partial charge is 0.446 e. The van der Waals surface area contributed by atoms with Crippen LogP contribution in [0.4, 0.5) is 0 Å². The zero-order valence-corrected chi connectivity index (χ0v) is 9.01. The standard InChI is InChI=1S/C12H15NO2/c1-5-6(2)8-3-7(5)10-9(4-13)15-12(14)11(8)10/h5-11H,3H2,1-2H3. The van der Waals surface area contributed by atoms with E-state index < -0.39 is 6.10 Å². The van der Waals surface area contributed by atoms with E-state index in [0.717, 1.165) is 6.42 Å². The molecule has 3 heteroatoms. The molecule has 7 atom stereocenters. The van der Waals surface area contributed by atoms with Gasteiger partial charge >= 0.3 is 5.97 Å². The monoisotopic (exact) mass is 205 g/mol. The van der Waals surface area contributed by atoms with E-state index in [4.69, 9.17) is 10.00 Å². The molecule has 1 aliphatic heterocycles. The predicted octanol–water partition coefficient (Wildman–Crippen LogP) is 1.59. The molecule has 0 N–H and O–H groups in total. The van der Waals surface area contributed by atoms with Crippen LogP contribution in [0.2, 0.25) is 0 Å². The topological polar surface area (TPSA) is 50.1 Å². The Bertz CT molecular complexity index is 359. The summed E-state index contributed by atoms with van der Waals surface area (Å²) in [4.78, 5) is 11.7. The number of nitrogens with zero attached hydrogens (tertiary/aromatic N) is 1. The van der Waals surface area contributed by atoms with Gasteiger partial charge in [0.15, 0.2) is 6.10 Å². The van der Waals surface area contributed by atoms with Gasteiger partial charge in [0, 0.05) is 5.92 Å². The number of carbonyl (C=O) groups excluding carboxylic acids is 1. The third-order valence-electron chi connectivity index (χ3n) is 5.09. The van der Waals surface area contributed by atoms with E-state index >= 15 is 0 Å². The van der Waals surface area contributed by atoms with Crippen molar-refractivity contribution < 1.29 is 9.53 Å². The Hall–Kier alpha value is -1.04. The maximum absolute atomic E-state index is 11.7. The van der Waals surface area contributed by atoms with Gasteiger partial charge in [0.25, 0.3) is 0 Å². The van der Waals surface area contributed by atoms with Crippen LogP contribution in [0.3, 0.4) is 0 Å². The summed E-state index contributed by atoms with van der Waals surface area (Å²) in [6.07, 6.45) is 0.665. The van der Waals surface area contributed by atoms with Gasteiger partial charge in [0.1, 0.15) is 6.07 Å². The Balaban J connectivity index is 1.98. The van der Waals surface area contributed by atoms with Crippen molar-refractivity contribution in [3.63, 3.8) is 0 Å². The minimum atomic E-state index is -0.465. The van der Waals surface area contributed by atoms with Crippen LogP contribution >= 0.6 is 0 Å². The van der Waals surface area contributed by atoms with Gasteiger partial charge in [-0.05, 0) is 30.1 Å². The second-order valence-corrected chi connectivity index (χ2v) is 5.37. The van der Waals surface area contributed by atoms with Crippen LogP contribution in [0.5, 0.6) is 0 Å². The molecule has 2 saturated carbocycles. The van der Waals surface area contributed by atoms with E-state index in [-0.39, 0.29) is 17.8 Å². The maximum atomic E-state index is 11.7. The molecule has 2 bridgehead atoms. The number of rotatable bonds is 0. The highest BCUT2D eigenvalue weighted by Crippen LogP contribution is 2.61. The Morgan fingerprint density at radius 3 is 2.67 bits per heavy atom. The van der Waals surface area contributed by atoms with Crippen molar-refractivity contribution in [2.24, 2.45) is 35.5 Å². The van der Waals surface area contributed by atoms with Crippen LogP contribution < -0.4 is 0 Å². The molecule has 0 aromatic carbocycles. The van der Waals surface area contributed by atoms with Gasteiger partial charge in [-0.25, -0.2) is 0 Å². The molecule has 80 valence electrons. The molecule has 3 fully saturated rings. The quantitative estimate of drug-likeness (QED) is 0.564. The summed E-state index contributed by atoms with van der Waals surface area (Å²) in [5.41, 5.74) is 0. The smallest absolute Gasteiger partial charge is 0.311 e. The van der Waals surface area contributed by atoms with Gasteiger partial charge in [-0.2, -0.15) is 5.26 Å². The van der Waals surface area contributed by atoms with Crippen LogP contribution in [0, 0.1) is 46.8 Å². The number of carbonyl (C=O) groups is 1. The minimum Gasteiger partial charge on any atom is -0.446 e. The van der Waals surface area contributed by atoms with Gasteiger partial charge in [-0.15, -0.1) is 0 Å². The van der Waals surface area contributed by atoms with Gasteiger partial charge < -0.3 is 4.74 Å². The summed E-state index contributed by atoms with van der Waals surface area (Å²) in [6, 6.07) is 2.14. The van der Waals surface area contributed by atoms with Crippen LogP contribution in [0.1, 0.15) is 20.3 Å². The Morgan fingerprint density at radius 1 is 1.33 bits per heavy atom. The van der Waals surface area contributed by atoms with Crippen molar-refractivity contribution in [1.82, 2.24) is 0 Å². The van der Waals surface area contributed by atoms with Crippen molar-refractivity contribution in [2.75, 3.05) is 0 Å². The second-order valence-electron chi connectivity index (χ2n) is 5.37. The van der Waals surface area contributed by atoms with Crippen LogP contribution in [-0.2, 0) is 9.53 Å². The van der Waals surface area contributed by atoms with Gasteiger partial charge in [-0.3, -0.25) is 4.79 Å². The lowest BCUT2D eigenvalue weighted by atomic mass is 9.69. The summed E-state index contributed by atoms with van der Waals surface area (Å²) in [6.45, 7) is 4.49. The normalized spacial score (nSPS) is 56.3. The number of nitriles is 1. The SMILES string of the molecule is CC1C(C)C2CC1C1C(=O)OC(C#N)C21. The summed E-state index contributed by atoms with van der Waals surface area (Å²) < 4.78 is 5.15. The number of cyclic esters (lactones) is 1. The van der Waals surface area contributed by atoms with Crippen molar-refractivity contribution in [2.45, 2.75) is 26.4 Å². The fraction of sp³-hybridized carbons (Fsp3) is 0.833. The first-order chi connectivity index (χ1) is 7.15. The Morgan fingerprint density at radius 2 is 2.00 bits per heavy atom. The first kappa shape index (κ1) is 9.21. The first-order valence-electron chi connectivity index (χ1n) is 5.75. The van der Waals surface area contributed by atoms with Gasteiger partial charge in [0.2, 0.25) is 0 Å². The molecule has 7 unspecified atom stereocenters. The zero-order chi connectivity index (χ0) is 10.7. The van der Waals surface area contributed by atoms with E-state index in [9.17, 15) is 4.79 Å². The fourth-order valence-corrected chi connectivity index (χ4v) is 4.20. The second kappa shape index (κ2) is 2.75. The van der Waals surface area contributed by atoms with Crippen molar-refractivity contribution in [3.05, 3.63) is 0 Å². The molecular weight excluding hydrogens is 190 g/mol. The molecule has 2 aliphatic carbocycles. The van der Waals surface area contributed by atoms with Gasteiger partial charge in [0.05, 0.1) is 5.92 Å². The van der Waals surface area contributed by atoms with Crippen molar-refractivity contribution in [1.29, 1.82) is 5.26 Å². The van der Waals surface area contributed by atoms with Crippen LogP contribution in [-0.4, -0.2) is 12.1 Å². The number of esters is 1. The number of hydrogen-bond donors (Lipinski definition) is 0. The molecule has 1 heterocycles. The molecule has 15 heavy (non-hydrogen) atoms. The lowest BCUT2D eigenvalue weighted by molar-refractivity contribution is -0.144. The highest BCUT2D eigenvalue weighted by molar-refractivity contribution is 5.77. The number of hydrogen-bond acceptors (Lipinski definition) is 3. The lowest BCUT2D eigenvalue weighted by Crippen LogP contribution is -2.35. The van der Waals surface area contributed by atoms with Gasteiger partial charge in [-0.1, -0.05) is 13.8 Å². The fourth-order valence-electron chi connectivity index (χ4n) is 4.20. The Labute approximate surface area is 89.4 Å². The highest BCUT2D eigenvalue weighted by atomic mass is 16.6. The van der Waals surface area contributed by atoms with Crippen molar-refractivity contribution in [3.8, 4) is 6.07 Å². The van der Waals surface area contributed by atoms with Crippen LogP contribution in [0.25, 0.3) is 0 Å². The number of ether oxygens (including phenoxy) is 1. The first-order valence-corrected chi connectivity index (χ1v) is 5.75. The molecule has 3 rings (SSSR count). The van der Waals surface area contributed by atoms with Crippen LogP contribution in [0.15, 0.2) is 0 Å². The molecule has 1 saturated heterocycles. The summed E-state index contributed by atoms with van der Waals surface area (Å²) in [5, 5.41) is 8.98. The molecule has 3 nitrogen and oxygen atoms in total. The van der Waals surface area contributed by atoms with E-state index in [1.165, 1.54) is 0 Å². The maximum Gasteiger partial charge on any atom is 0.311 e. The minimum absolute atomic E-state index is 0.0332. The predicted molar refractivity (Wildman–Crippen MR) is 52.4 cm³/mol. The lowest BCUT2D eigenvalue weighted by Gasteiger charge is -2.32. The van der Waals surface area contributed by atoms with E-state index in [0.29, 0.717) is 23.7 Å².